The minimum absolute atomic E-state index is 0.162. The van der Waals surface area contributed by atoms with Crippen LogP contribution in [0.5, 0.6) is 0 Å². The molecule has 4 rings (SSSR count). The van der Waals surface area contributed by atoms with Gasteiger partial charge in [0.15, 0.2) is 0 Å². The Labute approximate surface area is 171 Å². The van der Waals surface area contributed by atoms with E-state index in [2.05, 4.69) is 93.8 Å². The summed E-state index contributed by atoms with van der Waals surface area (Å²) in [6.07, 6.45) is 2.46. The van der Waals surface area contributed by atoms with E-state index in [0.29, 0.717) is 5.92 Å². The first-order chi connectivity index (χ1) is 13.1. The van der Waals surface area contributed by atoms with E-state index in [1.807, 2.05) is 0 Å². The zero-order valence-corrected chi connectivity index (χ0v) is 18.5. The Morgan fingerprint density at radius 1 is 0.857 bits per heavy atom. The maximum Gasteiger partial charge on any atom is 0.0406 e. The van der Waals surface area contributed by atoms with Crippen molar-refractivity contribution in [3.63, 3.8) is 0 Å². The summed E-state index contributed by atoms with van der Waals surface area (Å²) >= 11 is 0. The Kier molecular flexibility index (Phi) is 4.82. The summed E-state index contributed by atoms with van der Waals surface area (Å²) in [5, 5.41) is 0. The van der Waals surface area contributed by atoms with E-state index in [1.54, 1.807) is 0 Å². The average molecular weight is 377 g/mol. The van der Waals surface area contributed by atoms with Gasteiger partial charge in [-0.15, -0.1) is 0 Å². The van der Waals surface area contributed by atoms with E-state index in [1.165, 1.54) is 40.8 Å². The fourth-order valence-electron chi connectivity index (χ4n) is 4.91. The predicted molar refractivity (Wildman–Crippen MR) is 120 cm³/mol. The molecule has 0 radical (unpaired) electrons. The van der Waals surface area contributed by atoms with Crippen LogP contribution in [0.15, 0.2) is 42.5 Å². The molecule has 2 nitrogen and oxygen atoms in total. The predicted octanol–water partition coefficient (Wildman–Crippen LogP) is 5.98. The van der Waals surface area contributed by atoms with Crippen molar-refractivity contribution in [2.45, 2.75) is 77.9 Å². The molecule has 2 heteroatoms. The van der Waals surface area contributed by atoms with Gasteiger partial charge in [0, 0.05) is 42.3 Å². The summed E-state index contributed by atoms with van der Waals surface area (Å²) in [7, 11) is 0. The Morgan fingerprint density at radius 2 is 1.61 bits per heavy atom. The lowest BCUT2D eigenvalue weighted by Gasteiger charge is -2.44. The molecule has 1 unspecified atom stereocenters. The number of anilines is 1. The summed E-state index contributed by atoms with van der Waals surface area (Å²) in [6.45, 7) is 17.3. The third kappa shape index (κ3) is 3.59. The lowest BCUT2D eigenvalue weighted by Crippen LogP contribution is -2.46. The first kappa shape index (κ1) is 19.5. The van der Waals surface area contributed by atoms with Crippen molar-refractivity contribution >= 4 is 5.69 Å². The Balaban J connectivity index is 1.78. The van der Waals surface area contributed by atoms with Gasteiger partial charge in [0.25, 0.3) is 0 Å². The molecular weight excluding hydrogens is 340 g/mol. The number of hydrogen-bond acceptors (Lipinski definition) is 2. The lowest BCUT2D eigenvalue weighted by molar-refractivity contribution is 0.113. The molecule has 0 bridgehead atoms. The van der Waals surface area contributed by atoms with Crippen LogP contribution in [-0.4, -0.2) is 29.1 Å². The molecule has 0 saturated heterocycles. The molecule has 2 aromatic rings. The molecule has 150 valence electrons. The van der Waals surface area contributed by atoms with Gasteiger partial charge in [-0.3, -0.25) is 4.90 Å². The van der Waals surface area contributed by atoms with Crippen LogP contribution in [0.4, 0.5) is 5.69 Å². The van der Waals surface area contributed by atoms with Crippen LogP contribution in [0.3, 0.4) is 0 Å². The topological polar surface area (TPSA) is 6.48 Å². The van der Waals surface area contributed by atoms with Crippen molar-refractivity contribution in [1.82, 2.24) is 4.90 Å². The maximum atomic E-state index is 2.64. The molecule has 0 fully saturated rings. The standard InChI is InChI=1S/C26H36N2/c1-25(2,3)27-17-21-10-7-8-12-22(21)23(18-27)20-14-13-19-11-9-15-28(24(19)16-20)26(4,5)6/h7-8,10,12-14,16,23H,9,11,15,17-18H2,1-6H3. The first-order valence-electron chi connectivity index (χ1n) is 10.9. The highest BCUT2D eigenvalue weighted by Gasteiger charge is 2.33. The third-order valence-corrected chi connectivity index (χ3v) is 6.58. The first-order valence-corrected chi connectivity index (χ1v) is 10.9. The monoisotopic (exact) mass is 376 g/mol. The van der Waals surface area contributed by atoms with Crippen molar-refractivity contribution in [1.29, 1.82) is 0 Å². The quantitative estimate of drug-likeness (QED) is 0.604. The van der Waals surface area contributed by atoms with Gasteiger partial charge in [-0.2, -0.15) is 0 Å². The normalized spacial score (nSPS) is 20.6. The van der Waals surface area contributed by atoms with Crippen molar-refractivity contribution in [2.75, 3.05) is 18.0 Å². The molecule has 2 aliphatic heterocycles. The van der Waals surface area contributed by atoms with Crippen LogP contribution in [0.25, 0.3) is 0 Å². The fraction of sp³-hybridized carbons (Fsp3) is 0.538. The van der Waals surface area contributed by atoms with E-state index in [9.17, 15) is 0 Å². The van der Waals surface area contributed by atoms with Gasteiger partial charge in [0.1, 0.15) is 0 Å². The summed E-state index contributed by atoms with van der Waals surface area (Å²) in [4.78, 5) is 5.26. The van der Waals surface area contributed by atoms with Crippen LogP contribution in [0.2, 0.25) is 0 Å². The second-order valence-corrected chi connectivity index (χ2v) is 10.6. The van der Waals surface area contributed by atoms with Gasteiger partial charge >= 0.3 is 0 Å². The van der Waals surface area contributed by atoms with Gasteiger partial charge in [0.2, 0.25) is 0 Å². The smallest absolute Gasteiger partial charge is 0.0406 e. The second-order valence-electron chi connectivity index (χ2n) is 10.6. The van der Waals surface area contributed by atoms with Crippen molar-refractivity contribution in [3.8, 4) is 0 Å². The largest absolute Gasteiger partial charge is 0.366 e. The Bertz CT molecular complexity index is 853. The molecule has 0 aliphatic carbocycles. The molecule has 0 aromatic heterocycles. The van der Waals surface area contributed by atoms with Crippen molar-refractivity contribution in [2.24, 2.45) is 0 Å². The van der Waals surface area contributed by atoms with Gasteiger partial charge in [-0.1, -0.05) is 36.4 Å². The number of fused-ring (bicyclic) bond motifs is 2. The minimum Gasteiger partial charge on any atom is -0.366 e. The summed E-state index contributed by atoms with van der Waals surface area (Å²) in [5.74, 6) is 0.443. The van der Waals surface area contributed by atoms with Gasteiger partial charge in [-0.25, -0.2) is 0 Å². The number of nitrogens with zero attached hydrogens (tertiary/aromatic N) is 2. The van der Waals surface area contributed by atoms with Crippen molar-refractivity contribution in [3.05, 3.63) is 64.7 Å². The maximum absolute atomic E-state index is 2.64. The fourth-order valence-corrected chi connectivity index (χ4v) is 4.91. The molecule has 0 N–H and O–H groups in total. The number of aryl methyl sites for hydroxylation is 1. The molecule has 1 atom stereocenters. The summed E-state index contributed by atoms with van der Waals surface area (Å²) in [6, 6.07) is 16.4. The average Bonchev–Trinajstić information content (AvgIpc) is 2.64. The van der Waals surface area contributed by atoms with Crippen LogP contribution >= 0.6 is 0 Å². The number of hydrogen-bond donors (Lipinski definition) is 0. The Hall–Kier alpha value is -1.80. The van der Waals surface area contributed by atoms with E-state index >= 15 is 0 Å². The van der Waals surface area contributed by atoms with Crippen LogP contribution in [-0.2, 0) is 13.0 Å². The molecule has 0 amide bonds. The Morgan fingerprint density at radius 3 is 2.32 bits per heavy atom. The van der Waals surface area contributed by atoms with E-state index in [0.717, 1.165) is 19.6 Å². The zero-order chi connectivity index (χ0) is 20.1. The molecule has 2 heterocycles. The lowest BCUT2D eigenvalue weighted by atomic mass is 9.82. The minimum atomic E-state index is 0.162. The van der Waals surface area contributed by atoms with Crippen LogP contribution in [0, 0.1) is 0 Å². The second kappa shape index (κ2) is 6.91. The molecule has 0 saturated carbocycles. The van der Waals surface area contributed by atoms with Crippen LogP contribution in [0.1, 0.15) is 76.1 Å². The molecule has 2 aliphatic rings. The van der Waals surface area contributed by atoms with Crippen LogP contribution < -0.4 is 4.90 Å². The molecular formula is C26H36N2. The summed E-state index contributed by atoms with van der Waals surface area (Å²) in [5.41, 5.74) is 7.78. The zero-order valence-electron chi connectivity index (χ0n) is 18.5. The highest BCUT2D eigenvalue weighted by Crippen LogP contribution is 2.40. The third-order valence-electron chi connectivity index (χ3n) is 6.58. The molecule has 28 heavy (non-hydrogen) atoms. The molecule has 2 aromatic carbocycles. The number of benzene rings is 2. The van der Waals surface area contributed by atoms with Gasteiger partial charge < -0.3 is 4.90 Å². The van der Waals surface area contributed by atoms with E-state index in [-0.39, 0.29) is 11.1 Å². The van der Waals surface area contributed by atoms with E-state index in [4.69, 9.17) is 0 Å². The number of rotatable bonds is 1. The van der Waals surface area contributed by atoms with Gasteiger partial charge in [0.05, 0.1) is 0 Å². The highest BCUT2D eigenvalue weighted by atomic mass is 15.2. The van der Waals surface area contributed by atoms with Gasteiger partial charge in [-0.05, 0) is 82.7 Å². The highest BCUT2D eigenvalue weighted by molar-refractivity contribution is 5.60. The SMILES string of the molecule is CC(C)(C)N1Cc2ccccc2C(c2ccc3c(c2)N(C(C)(C)C)CCC3)C1. The van der Waals surface area contributed by atoms with Crippen molar-refractivity contribution < 1.29 is 0 Å². The summed E-state index contributed by atoms with van der Waals surface area (Å²) < 4.78 is 0. The van der Waals surface area contributed by atoms with E-state index < -0.39 is 0 Å². The molecule has 0 spiro atoms.